The summed E-state index contributed by atoms with van der Waals surface area (Å²) in [6.45, 7) is 2.89. The first-order valence-corrected chi connectivity index (χ1v) is 16.4. The maximum absolute atomic E-state index is 12.5. The highest BCUT2D eigenvalue weighted by molar-refractivity contribution is 6.35. The van der Waals surface area contributed by atoms with Gasteiger partial charge in [0.25, 0.3) is 0 Å². The zero-order valence-electron chi connectivity index (χ0n) is 27.6. The third kappa shape index (κ3) is 7.87. The number of hydrogen-bond donors (Lipinski definition) is 6. The van der Waals surface area contributed by atoms with Crippen molar-refractivity contribution < 1.29 is 29.4 Å². The monoisotopic (exact) mass is 744 g/mol. The third-order valence-corrected chi connectivity index (χ3v) is 8.20. The SMILES string of the molecule is Cc1cc(CNC(=O)C(=O)NCCNC(=O)C(=O)NCc2cc(C)cc(-n3nc4ccc(Cl)cc4n3)c2O)c(O)c(-n2nc3ccc(Cl)cc3n2)c1. The van der Waals surface area contributed by atoms with E-state index in [2.05, 4.69) is 41.7 Å². The number of amides is 4. The molecule has 4 aromatic carbocycles. The van der Waals surface area contributed by atoms with E-state index in [1.165, 1.54) is 9.59 Å². The molecular weight excluding hydrogens is 715 g/mol. The lowest BCUT2D eigenvalue weighted by atomic mass is 10.1. The molecule has 266 valence electrons. The van der Waals surface area contributed by atoms with Crippen LogP contribution in [0.3, 0.4) is 0 Å². The molecule has 0 radical (unpaired) electrons. The van der Waals surface area contributed by atoms with Gasteiger partial charge >= 0.3 is 23.6 Å². The average Bonchev–Trinajstić information content (AvgIpc) is 3.73. The second-order valence-electron chi connectivity index (χ2n) is 11.7. The van der Waals surface area contributed by atoms with Crippen LogP contribution in [-0.2, 0) is 32.3 Å². The Labute approximate surface area is 304 Å². The Morgan fingerprint density at radius 1 is 0.558 bits per heavy atom. The summed E-state index contributed by atoms with van der Waals surface area (Å²) in [5.74, 6) is -4.32. The Hall–Kier alpha value is -6.26. The molecule has 4 amide bonds. The van der Waals surface area contributed by atoms with Gasteiger partial charge in [0.15, 0.2) is 0 Å². The minimum atomic E-state index is -0.990. The van der Waals surface area contributed by atoms with E-state index in [1.54, 1.807) is 74.5 Å². The highest BCUT2D eigenvalue weighted by atomic mass is 35.5. The fourth-order valence-corrected chi connectivity index (χ4v) is 5.59. The molecule has 6 aromatic rings. The van der Waals surface area contributed by atoms with Crippen molar-refractivity contribution in [3.8, 4) is 22.9 Å². The first kappa shape index (κ1) is 35.6. The smallest absolute Gasteiger partial charge is 0.309 e. The molecule has 0 aliphatic heterocycles. The van der Waals surface area contributed by atoms with E-state index in [0.29, 0.717) is 43.2 Å². The van der Waals surface area contributed by atoms with Crippen LogP contribution in [0.1, 0.15) is 22.3 Å². The second-order valence-corrected chi connectivity index (χ2v) is 12.6. The highest BCUT2D eigenvalue weighted by Crippen LogP contribution is 2.30. The van der Waals surface area contributed by atoms with Crippen LogP contribution < -0.4 is 21.3 Å². The minimum Gasteiger partial charge on any atom is -0.505 e. The van der Waals surface area contributed by atoms with E-state index in [-0.39, 0.29) is 49.1 Å². The molecule has 18 heteroatoms. The zero-order valence-corrected chi connectivity index (χ0v) is 29.1. The number of nitrogens with one attached hydrogen (secondary N) is 4. The van der Waals surface area contributed by atoms with Crippen molar-refractivity contribution in [3.05, 3.63) is 93.0 Å². The van der Waals surface area contributed by atoms with Gasteiger partial charge in [-0.2, -0.15) is 0 Å². The number of aryl methyl sites for hydroxylation is 2. The van der Waals surface area contributed by atoms with Gasteiger partial charge in [-0.1, -0.05) is 35.3 Å². The van der Waals surface area contributed by atoms with Crippen LogP contribution in [0, 0.1) is 13.8 Å². The van der Waals surface area contributed by atoms with Crippen molar-refractivity contribution in [1.29, 1.82) is 0 Å². The lowest BCUT2D eigenvalue weighted by Gasteiger charge is -2.12. The fourth-order valence-electron chi connectivity index (χ4n) is 5.26. The van der Waals surface area contributed by atoms with Crippen LogP contribution in [0.5, 0.6) is 11.5 Å². The topological polar surface area (TPSA) is 218 Å². The number of aromatic hydroxyl groups is 2. The Morgan fingerprint density at radius 3 is 1.33 bits per heavy atom. The molecule has 0 atom stereocenters. The van der Waals surface area contributed by atoms with Crippen molar-refractivity contribution >= 4 is 68.9 Å². The molecule has 2 heterocycles. The normalized spacial score (nSPS) is 11.1. The number of nitrogens with zero attached hydrogens (tertiary/aromatic N) is 6. The molecule has 0 bridgehead atoms. The summed E-state index contributed by atoms with van der Waals surface area (Å²) < 4.78 is 0. The van der Waals surface area contributed by atoms with Gasteiger partial charge in [-0.25, -0.2) is 0 Å². The molecule has 0 saturated heterocycles. The van der Waals surface area contributed by atoms with Gasteiger partial charge in [0.05, 0.1) is 0 Å². The summed E-state index contributed by atoms with van der Waals surface area (Å²) >= 11 is 12.1. The number of carbonyl (C=O) groups excluding carboxylic acids is 4. The summed E-state index contributed by atoms with van der Waals surface area (Å²) in [5.41, 5.74) is 4.85. The van der Waals surface area contributed by atoms with Gasteiger partial charge in [0, 0.05) is 47.4 Å². The van der Waals surface area contributed by atoms with E-state index in [0.717, 1.165) is 11.1 Å². The van der Waals surface area contributed by atoms with E-state index < -0.39 is 23.6 Å². The number of aromatic nitrogens is 6. The predicted octanol–water partition coefficient (Wildman–Crippen LogP) is 2.65. The van der Waals surface area contributed by atoms with Crippen LogP contribution in [0.25, 0.3) is 33.4 Å². The van der Waals surface area contributed by atoms with Crippen LogP contribution in [0.2, 0.25) is 10.0 Å². The molecule has 0 saturated carbocycles. The highest BCUT2D eigenvalue weighted by Gasteiger charge is 2.19. The fraction of sp³-hybridized carbons (Fsp3) is 0.176. The van der Waals surface area contributed by atoms with Gasteiger partial charge in [-0.15, -0.1) is 30.0 Å². The number of phenols is 2. The van der Waals surface area contributed by atoms with Crippen molar-refractivity contribution in [2.45, 2.75) is 26.9 Å². The lowest BCUT2D eigenvalue weighted by molar-refractivity contribution is -0.139. The van der Waals surface area contributed by atoms with Crippen LogP contribution in [0.4, 0.5) is 0 Å². The van der Waals surface area contributed by atoms with E-state index in [1.807, 2.05) is 0 Å². The standard InChI is InChI=1S/C34H30Cl2N10O6/c1-17-9-19(29(47)27(11-17)45-41-23-5-3-21(35)13-25(23)43-45)15-39-33(51)31(49)37-7-8-38-32(50)34(52)40-16-20-10-18(2)12-28(30(20)48)46-42-24-6-4-22(36)14-26(24)44-46/h3-6,9-14,47-48H,7-8,15-16H2,1-2H3,(H,37,49)(H,38,50)(H,39,51)(H,40,52). The number of carbonyl (C=O) groups is 4. The van der Waals surface area contributed by atoms with Gasteiger partial charge in [0.2, 0.25) is 0 Å². The quantitative estimate of drug-likeness (QED) is 0.0939. The first-order valence-electron chi connectivity index (χ1n) is 15.7. The molecular formula is C34H30Cl2N10O6. The number of benzene rings is 4. The molecule has 0 aliphatic carbocycles. The van der Waals surface area contributed by atoms with Gasteiger partial charge in [-0.05, 0) is 73.5 Å². The van der Waals surface area contributed by atoms with Crippen LogP contribution >= 0.6 is 23.2 Å². The Bertz CT molecular complexity index is 2230. The van der Waals surface area contributed by atoms with Crippen molar-refractivity contribution in [1.82, 2.24) is 51.3 Å². The maximum atomic E-state index is 12.5. The minimum absolute atomic E-state index is 0.161. The molecule has 0 aliphatic rings. The molecule has 2 aromatic heterocycles. The molecule has 6 rings (SSSR count). The lowest BCUT2D eigenvalue weighted by Crippen LogP contribution is -2.45. The van der Waals surface area contributed by atoms with Crippen LogP contribution in [-0.4, -0.2) is 76.9 Å². The first-order chi connectivity index (χ1) is 24.9. The average molecular weight is 746 g/mol. The summed E-state index contributed by atoms with van der Waals surface area (Å²) in [6, 6.07) is 16.7. The number of phenolic OH excluding ortho intramolecular Hbond substituents is 2. The summed E-state index contributed by atoms with van der Waals surface area (Å²) in [5, 5.41) is 49.9. The maximum Gasteiger partial charge on any atom is 0.309 e. The van der Waals surface area contributed by atoms with Gasteiger partial charge in [-0.3, -0.25) is 19.2 Å². The summed E-state index contributed by atoms with van der Waals surface area (Å²) in [6.07, 6.45) is 0. The third-order valence-electron chi connectivity index (χ3n) is 7.73. The number of halogens is 2. The predicted molar refractivity (Wildman–Crippen MR) is 190 cm³/mol. The van der Waals surface area contributed by atoms with Crippen LogP contribution in [0.15, 0.2) is 60.7 Å². The number of fused-ring (bicyclic) bond motifs is 2. The Kier molecular flexibility index (Phi) is 10.2. The van der Waals surface area contributed by atoms with Crippen molar-refractivity contribution in [2.24, 2.45) is 0 Å². The number of hydrogen-bond acceptors (Lipinski definition) is 10. The summed E-state index contributed by atoms with van der Waals surface area (Å²) in [4.78, 5) is 52.2. The zero-order chi connectivity index (χ0) is 37.1. The largest absolute Gasteiger partial charge is 0.505 e. The molecule has 0 unspecified atom stereocenters. The van der Waals surface area contributed by atoms with Crippen molar-refractivity contribution in [2.75, 3.05) is 13.1 Å². The molecule has 0 fully saturated rings. The molecule has 52 heavy (non-hydrogen) atoms. The molecule has 0 spiro atoms. The summed E-state index contributed by atoms with van der Waals surface area (Å²) in [7, 11) is 0. The second kappa shape index (κ2) is 14.9. The van der Waals surface area contributed by atoms with Gasteiger partial charge < -0.3 is 31.5 Å². The van der Waals surface area contributed by atoms with E-state index in [4.69, 9.17) is 23.2 Å². The van der Waals surface area contributed by atoms with E-state index >= 15 is 0 Å². The van der Waals surface area contributed by atoms with Crippen molar-refractivity contribution in [3.63, 3.8) is 0 Å². The van der Waals surface area contributed by atoms with Gasteiger partial charge in [0.1, 0.15) is 44.9 Å². The Balaban J connectivity index is 0.966. The molecule has 16 nitrogen and oxygen atoms in total. The van der Waals surface area contributed by atoms with E-state index in [9.17, 15) is 29.4 Å². The number of rotatable bonds is 9. The Morgan fingerprint density at radius 2 is 0.923 bits per heavy atom. The molecule has 6 N–H and O–H groups in total.